The molecule has 0 saturated heterocycles. The highest BCUT2D eigenvalue weighted by Gasteiger charge is 2.23. The Bertz CT molecular complexity index is 1070. The van der Waals surface area contributed by atoms with Crippen molar-refractivity contribution in [3.8, 4) is 6.07 Å². The predicted octanol–water partition coefficient (Wildman–Crippen LogP) is 4.70. The van der Waals surface area contributed by atoms with E-state index in [1.165, 1.54) is 11.3 Å². The van der Waals surface area contributed by atoms with Gasteiger partial charge in [0.1, 0.15) is 11.6 Å². The molecule has 1 aromatic carbocycles. The SMILES string of the molecule is CC(C)N(C(=O)/C(C#N)=C/c1cccnc1)c1ccc2[nH]c(=S)sc2c1. The van der Waals surface area contributed by atoms with Crippen LogP contribution >= 0.6 is 23.6 Å². The average Bonchev–Trinajstić information content (AvgIpc) is 2.99. The molecule has 0 atom stereocenters. The maximum absolute atomic E-state index is 13.1. The summed E-state index contributed by atoms with van der Waals surface area (Å²) >= 11 is 6.64. The molecule has 0 bridgehead atoms. The smallest absolute Gasteiger partial charge is 0.269 e. The minimum Gasteiger partial charge on any atom is -0.337 e. The largest absolute Gasteiger partial charge is 0.337 e. The molecule has 2 aromatic heterocycles. The highest BCUT2D eigenvalue weighted by Crippen LogP contribution is 2.28. The van der Waals surface area contributed by atoms with Gasteiger partial charge in [-0.15, -0.1) is 11.3 Å². The summed E-state index contributed by atoms with van der Waals surface area (Å²) in [5.74, 6) is -0.343. The normalized spacial score (nSPS) is 11.5. The van der Waals surface area contributed by atoms with Crippen LogP contribution in [-0.2, 0) is 4.79 Å². The number of benzene rings is 1. The number of anilines is 1. The van der Waals surface area contributed by atoms with Gasteiger partial charge in [0.05, 0.1) is 10.2 Å². The second-order valence-corrected chi connectivity index (χ2v) is 7.64. The molecule has 0 spiro atoms. The first kappa shape index (κ1) is 18.0. The molecule has 0 fully saturated rings. The summed E-state index contributed by atoms with van der Waals surface area (Å²) in [5, 5.41) is 9.51. The van der Waals surface area contributed by atoms with E-state index >= 15 is 0 Å². The molecule has 5 nitrogen and oxygen atoms in total. The van der Waals surface area contributed by atoms with Gasteiger partial charge < -0.3 is 9.88 Å². The van der Waals surface area contributed by atoms with Crippen molar-refractivity contribution in [3.63, 3.8) is 0 Å². The van der Waals surface area contributed by atoms with Crippen LogP contribution < -0.4 is 4.90 Å². The zero-order valence-corrected chi connectivity index (χ0v) is 15.9. The summed E-state index contributed by atoms with van der Waals surface area (Å²) in [6, 6.07) is 11.1. The van der Waals surface area contributed by atoms with E-state index in [0.29, 0.717) is 9.52 Å². The Kier molecular flexibility index (Phi) is 5.26. The molecule has 130 valence electrons. The number of nitrogens with zero attached hydrogens (tertiary/aromatic N) is 3. The summed E-state index contributed by atoms with van der Waals surface area (Å²) in [7, 11) is 0. The molecule has 0 unspecified atom stereocenters. The highest BCUT2D eigenvalue weighted by atomic mass is 32.1. The fraction of sp³-hybridized carbons (Fsp3) is 0.158. The molecule has 3 rings (SSSR count). The van der Waals surface area contributed by atoms with Gasteiger partial charge in [-0.05, 0) is 62.0 Å². The molecule has 7 heteroatoms. The Morgan fingerprint density at radius 3 is 2.88 bits per heavy atom. The van der Waals surface area contributed by atoms with E-state index in [4.69, 9.17) is 12.2 Å². The first-order valence-electron chi connectivity index (χ1n) is 7.98. The molecule has 3 aromatic rings. The first-order valence-corrected chi connectivity index (χ1v) is 9.20. The number of carbonyl (C=O) groups is 1. The zero-order chi connectivity index (χ0) is 18.7. The summed E-state index contributed by atoms with van der Waals surface area (Å²) in [4.78, 5) is 21.8. The van der Waals surface area contributed by atoms with Crippen LogP contribution in [0.4, 0.5) is 5.69 Å². The van der Waals surface area contributed by atoms with Crippen LogP contribution in [0.2, 0.25) is 0 Å². The number of thiazole rings is 1. The number of nitriles is 1. The van der Waals surface area contributed by atoms with E-state index in [2.05, 4.69) is 9.97 Å². The topological polar surface area (TPSA) is 72.8 Å². The number of rotatable bonds is 4. The van der Waals surface area contributed by atoms with Crippen LogP contribution in [0.25, 0.3) is 16.3 Å². The van der Waals surface area contributed by atoms with E-state index in [1.54, 1.807) is 35.5 Å². The Labute approximate surface area is 160 Å². The minimum absolute atomic E-state index is 0.0634. The van der Waals surface area contributed by atoms with Crippen molar-refractivity contribution in [2.24, 2.45) is 0 Å². The number of H-pyrrole nitrogens is 1. The lowest BCUT2D eigenvalue weighted by atomic mass is 10.1. The maximum Gasteiger partial charge on any atom is 0.269 e. The van der Waals surface area contributed by atoms with Gasteiger partial charge in [0, 0.05) is 24.1 Å². The molecule has 26 heavy (non-hydrogen) atoms. The Hall–Kier alpha value is -2.82. The lowest BCUT2D eigenvalue weighted by Gasteiger charge is -2.26. The fourth-order valence-electron chi connectivity index (χ4n) is 2.63. The molecule has 0 aliphatic heterocycles. The van der Waals surface area contributed by atoms with Crippen molar-refractivity contribution < 1.29 is 4.79 Å². The van der Waals surface area contributed by atoms with Gasteiger partial charge in [-0.25, -0.2) is 0 Å². The number of nitrogens with one attached hydrogen (secondary N) is 1. The third kappa shape index (κ3) is 3.72. The van der Waals surface area contributed by atoms with E-state index in [-0.39, 0.29) is 17.5 Å². The quantitative estimate of drug-likeness (QED) is 0.404. The number of aromatic amines is 1. The number of carbonyl (C=O) groups excluding carboxylic acids is 1. The maximum atomic E-state index is 13.1. The van der Waals surface area contributed by atoms with Crippen LogP contribution in [0, 0.1) is 15.3 Å². The van der Waals surface area contributed by atoms with Crippen molar-refractivity contribution in [1.29, 1.82) is 5.26 Å². The summed E-state index contributed by atoms with van der Waals surface area (Å²) in [6.07, 6.45) is 4.82. The second kappa shape index (κ2) is 7.60. The number of pyridine rings is 1. The lowest BCUT2D eigenvalue weighted by molar-refractivity contribution is -0.115. The molecule has 1 amide bonds. The Morgan fingerprint density at radius 2 is 2.23 bits per heavy atom. The van der Waals surface area contributed by atoms with Crippen LogP contribution in [0.5, 0.6) is 0 Å². The van der Waals surface area contributed by atoms with Crippen molar-refractivity contribution in [2.45, 2.75) is 19.9 Å². The van der Waals surface area contributed by atoms with E-state index in [0.717, 1.165) is 15.9 Å². The molecule has 0 aliphatic carbocycles. The van der Waals surface area contributed by atoms with Gasteiger partial charge in [0.25, 0.3) is 5.91 Å². The highest BCUT2D eigenvalue weighted by molar-refractivity contribution is 7.73. The van der Waals surface area contributed by atoms with Gasteiger partial charge in [-0.1, -0.05) is 6.07 Å². The molecule has 0 radical (unpaired) electrons. The van der Waals surface area contributed by atoms with E-state index in [9.17, 15) is 10.1 Å². The summed E-state index contributed by atoms with van der Waals surface area (Å²) in [6.45, 7) is 3.83. The number of hydrogen-bond donors (Lipinski definition) is 1. The van der Waals surface area contributed by atoms with Gasteiger partial charge in [-0.2, -0.15) is 5.26 Å². The molecular formula is C19H16N4OS2. The Balaban J connectivity index is 2.02. The third-order valence-electron chi connectivity index (χ3n) is 3.76. The average molecular weight is 380 g/mol. The monoisotopic (exact) mass is 380 g/mol. The number of aromatic nitrogens is 2. The fourth-order valence-corrected chi connectivity index (χ4v) is 3.78. The van der Waals surface area contributed by atoms with Crippen LogP contribution in [-0.4, -0.2) is 21.9 Å². The lowest BCUT2D eigenvalue weighted by Crippen LogP contribution is -2.37. The van der Waals surface area contributed by atoms with Gasteiger partial charge in [0.2, 0.25) is 0 Å². The van der Waals surface area contributed by atoms with Gasteiger partial charge in [-0.3, -0.25) is 9.78 Å². The third-order valence-corrected chi connectivity index (χ3v) is 4.96. The van der Waals surface area contributed by atoms with Crippen LogP contribution in [0.1, 0.15) is 19.4 Å². The Morgan fingerprint density at radius 1 is 1.42 bits per heavy atom. The second-order valence-electron chi connectivity index (χ2n) is 5.92. The van der Waals surface area contributed by atoms with Crippen LogP contribution in [0.15, 0.2) is 48.3 Å². The van der Waals surface area contributed by atoms with E-state index < -0.39 is 0 Å². The van der Waals surface area contributed by atoms with Crippen molar-refractivity contribution in [1.82, 2.24) is 9.97 Å². The minimum atomic E-state index is -0.343. The van der Waals surface area contributed by atoms with Crippen molar-refractivity contribution >= 4 is 51.4 Å². The summed E-state index contributed by atoms with van der Waals surface area (Å²) in [5.41, 5.74) is 2.44. The van der Waals surface area contributed by atoms with Gasteiger partial charge in [0.15, 0.2) is 3.95 Å². The number of hydrogen-bond acceptors (Lipinski definition) is 5. The molecule has 0 saturated carbocycles. The predicted molar refractivity (Wildman–Crippen MR) is 107 cm³/mol. The first-order chi connectivity index (χ1) is 12.5. The summed E-state index contributed by atoms with van der Waals surface area (Å²) < 4.78 is 1.66. The van der Waals surface area contributed by atoms with E-state index in [1.807, 2.05) is 38.1 Å². The zero-order valence-electron chi connectivity index (χ0n) is 14.3. The molecule has 0 aliphatic rings. The standard InChI is InChI=1S/C19H16N4OS2/c1-12(2)23(15-5-6-16-17(9-15)26-19(25)22-16)18(24)14(10-20)8-13-4-3-7-21-11-13/h3-9,11-12H,1-2H3,(H,22,25)/b14-8+. The van der Waals surface area contributed by atoms with Gasteiger partial charge >= 0.3 is 0 Å². The van der Waals surface area contributed by atoms with Crippen LogP contribution in [0.3, 0.4) is 0 Å². The molecular weight excluding hydrogens is 364 g/mol. The number of amides is 1. The van der Waals surface area contributed by atoms with Crippen molar-refractivity contribution in [3.05, 3.63) is 57.8 Å². The molecule has 2 heterocycles. The number of fused-ring (bicyclic) bond motifs is 1. The van der Waals surface area contributed by atoms with Crippen molar-refractivity contribution in [2.75, 3.05) is 4.90 Å². The molecule has 1 N–H and O–H groups in total.